The molecule has 46 valence electrons. The van der Waals surface area contributed by atoms with E-state index in [9.17, 15) is 0 Å². The third-order valence-electron chi connectivity index (χ3n) is 0.816. The van der Waals surface area contributed by atoms with Gasteiger partial charge in [0.05, 0.1) is 0 Å². The van der Waals surface area contributed by atoms with Crippen molar-refractivity contribution in [3.05, 3.63) is 0 Å². The van der Waals surface area contributed by atoms with Gasteiger partial charge in [-0.3, -0.25) is 0 Å². The molecule has 0 aromatic carbocycles. The van der Waals surface area contributed by atoms with Crippen LogP contribution in [0.4, 0.5) is 0 Å². The molecule has 0 radical (unpaired) electrons. The normalized spacial score (nSPS) is 5.57. The molecule has 0 saturated heterocycles. The molecule has 0 aliphatic rings. The van der Waals surface area contributed by atoms with Crippen molar-refractivity contribution in [2.75, 3.05) is 0 Å². The summed E-state index contributed by atoms with van der Waals surface area (Å²) in [5.74, 6) is 0. The van der Waals surface area contributed by atoms with Crippen LogP contribution < -0.4 is 0 Å². The molecule has 0 rings (SSSR count). The van der Waals surface area contributed by atoms with E-state index in [2.05, 4.69) is 20.6 Å². The van der Waals surface area contributed by atoms with Gasteiger partial charge < -0.3 is 0 Å². The van der Waals surface area contributed by atoms with Gasteiger partial charge in [0, 0.05) is 0 Å². The molecular formula is C6H19B. The van der Waals surface area contributed by atoms with Crippen molar-refractivity contribution in [2.45, 2.75) is 41.7 Å². The molecule has 0 unspecified atom stereocenters. The van der Waals surface area contributed by atoms with E-state index in [4.69, 9.17) is 0 Å². The molecule has 0 aromatic heterocycles. The van der Waals surface area contributed by atoms with Crippen molar-refractivity contribution in [2.24, 2.45) is 0 Å². The topological polar surface area (TPSA) is 0 Å². The summed E-state index contributed by atoms with van der Waals surface area (Å²) >= 11 is 0. The highest BCUT2D eigenvalue weighted by molar-refractivity contribution is 6.55. The highest BCUT2D eigenvalue weighted by Crippen LogP contribution is 1.83. The van der Waals surface area contributed by atoms with Crippen LogP contribution >= 0.6 is 0 Å². The number of hydrogen-bond acceptors (Lipinski definition) is 0. The Hall–Kier alpha value is 0.0649. The lowest BCUT2D eigenvalue weighted by Gasteiger charge is -1.84. The third-order valence-corrected chi connectivity index (χ3v) is 0.816. The largest absolute Gasteiger partial charge is 0.133 e. The Kier molecular flexibility index (Phi) is 21.2. The summed E-state index contributed by atoms with van der Waals surface area (Å²) in [6.45, 7) is 7.53. The first-order chi connectivity index (χ1) is 2.27. The second kappa shape index (κ2) is 9.42. The zero-order valence-corrected chi connectivity index (χ0v) is 4.28. The van der Waals surface area contributed by atoms with Crippen molar-refractivity contribution < 1.29 is 0 Å². The Bertz CT molecular complexity index is 18.1. The Balaban J connectivity index is -0.0000000800. The smallest absolute Gasteiger partial charge is 0.0863 e. The van der Waals surface area contributed by atoms with Crippen LogP contribution in [0.15, 0.2) is 0 Å². The molecule has 0 bridgehead atoms. The predicted octanol–water partition coefficient (Wildman–Crippen LogP) is 3.03. The van der Waals surface area contributed by atoms with Gasteiger partial charge in [0.1, 0.15) is 6.71 Å². The van der Waals surface area contributed by atoms with Crippen LogP contribution in [-0.4, -0.2) is 6.71 Å². The zero-order chi connectivity index (χ0) is 4.28. The van der Waals surface area contributed by atoms with E-state index in [-0.39, 0.29) is 14.9 Å². The minimum Gasteiger partial charge on any atom is -0.0863 e. The molecule has 0 aliphatic heterocycles. The first-order valence-electron chi connectivity index (χ1n) is 2.27. The summed E-state index contributed by atoms with van der Waals surface area (Å²) < 4.78 is 0. The number of rotatable bonds is 1. The molecule has 0 aliphatic carbocycles. The zero-order valence-electron chi connectivity index (χ0n) is 4.28. The Morgan fingerprint density at radius 3 is 1.29 bits per heavy atom. The summed E-state index contributed by atoms with van der Waals surface area (Å²) in [4.78, 5) is 0. The SMILES string of the molecule is C.C.CCB(C)C. The van der Waals surface area contributed by atoms with Gasteiger partial charge in [0.15, 0.2) is 0 Å². The second-order valence-corrected chi connectivity index (χ2v) is 1.80. The quantitative estimate of drug-likeness (QED) is 0.446. The van der Waals surface area contributed by atoms with Gasteiger partial charge in [-0.05, 0) is 0 Å². The molecule has 0 N–H and O–H groups in total. The third kappa shape index (κ3) is 23.5. The molecular weight excluding hydrogens is 82.9 g/mol. The molecule has 0 amide bonds. The first kappa shape index (κ1) is 15.7. The van der Waals surface area contributed by atoms with Crippen molar-refractivity contribution in [1.82, 2.24) is 0 Å². The van der Waals surface area contributed by atoms with Crippen LogP contribution in [0.25, 0.3) is 0 Å². The lowest BCUT2D eigenvalue weighted by Crippen LogP contribution is -1.92. The molecule has 0 aromatic rings. The van der Waals surface area contributed by atoms with E-state index in [1.54, 1.807) is 0 Å². The minimum absolute atomic E-state index is 0. The maximum Gasteiger partial charge on any atom is 0.133 e. The molecule has 0 spiro atoms. The maximum atomic E-state index is 2.22. The Morgan fingerprint density at radius 1 is 1.14 bits per heavy atom. The molecule has 0 fully saturated rings. The maximum absolute atomic E-state index is 2.22. The average Bonchev–Trinajstić information content (AvgIpc) is 1.38. The summed E-state index contributed by atoms with van der Waals surface area (Å²) in [5, 5.41) is 0. The average molecular weight is 102 g/mol. The second-order valence-electron chi connectivity index (χ2n) is 1.80. The van der Waals surface area contributed by atoms with Crippen molar-refractivity contribution >= 4 is 6.71 Å². The van der Waals surface area contributed by atoms with Gasteiger partial charge in [0.25, 0.3) is 0 Å². The molecule has 1 heteroatoms. The lowest BCUT2D eigenvalue weighted by molar-refractivity contribution is 1.41. The standard InChI is InChI=1S/C4H11B.2CH4/c1-4-5(2)3;;/h4H2,1-3H3;2*1H4. The molecule has 0 atom stereocenters. The van der Waals surface area contributed by atoms with Crippen LogP contribution in [0, 0.1) is 0 Å². The highest BCUT2D eigenvalue weighted by atomic mass is 13.5. The summed E-state index contributed by atoms with van der Waals surface area (Å²) in [5.41, 5.74) is 0. The van der Waals surface area contributed by atoms with Crippen LogP contribution in [-0.2, 0) is 0 Å². The van der Waals surface area contributed by atoms with E-state index >= 15 is 0 Å². The van der Waals surface area contributed by atoms with Crippen molar-refractivity contribution in [3.8, 4) is 0 Å². The monoisotopic (exact) mass is 102 g/mol. The molecule has 0 heterocycles. The van der Waals surface area contributed by atoms with Gasteiger partial charge in [-0.15, -0.1) is 0 Å². The van der Waals surface area contributed by atoms with Crippen molar-refractivity contribution in [3.63, 3.8) is 0 Å². The van der Waals surface area contributed by atoms with E-state index in [0.29, 0.717) is 0 Å². The Labute approximate surface area is 49.4 Å². The van der Waals surface area contributed by atoms with Crippen molar-refractivity contribution in [1.29, 1.82) is 0 Å². The van der Waals surface area contributed by atoms with E-state index in [1.165, 1.54) is 6.32 Å². The van der Waals surface area contributed by atoms with Gasteiger partial charge in [-0.2, -0.15) is 0 Å². The number of hydrogen-bond donors (Lipinski definition) is 0. The van der Waals surface area contributed by atoms with Gasteiger partial charge in [-0.25, -0.2) is 0 Å². The first-order valence-corrected chi connectivity index (χ1v) is 2.27. The highest BCUT2D eigenvalue weighted by Gasteiger charge is 1.86. The fraction of sp³-hybridized carbons (Fsp3) is 1.00. The molecule has 7 heavy (non-hydrogen) atoms. The fourth-order valence-electron chi connectivity index (χ4n) is 0. The van der Waals surface area contributed by atoms with Crippen LogP contribution in [0.2, 0.25) is 20.0 Å². The van der Waals surface area contributed by atoms with Crippen LogP contribution in [0.5, 0.6) is 0 Å². The lowest BCUT2D eigenvalue weighted by atomic mass is 9.53. The van der Waals surface area contributed by atoms with Gasteiger partial charge in [0.2, 0.25) is 0 Å². The van der Waals surface area contributed by atoms with Crippen LogP contribution in [0.3, 0.4) is 0 Å². The van der Waals surface area contributed by atoms with Crippen LogP contribution in [0.1, 0.15) is 21.8 Å². The Morgan fingerprint density at radius 2 is 1.29 bits per heavy atom. The van der Waals surface area contributed by atoms with Gasteiger partial charge >= 0.3 is 0 Å². The van der Waals surface area contributed by atoms with E-state index in [1.807, 2.05) is 0 Å². The summed E-state index contributed by atoms with van der Waals surface area (Å²) in [6.07, 6.45) is 1.31. The molecule has 0 nitrogen and oxygen atoms in total. The van der Waals surface area contributed by atoms with E-state index in [0.717, 1.165) is 6.71 Å². The van der Waals surface area contributed by atoms with E-state index < -0.39 is 0 Å². The molecule has 0 saturated carbocycles. The predicted molar refractivity (Wildman–Crippen MR) is 41.4 cm³/mol. The summed E-state index contributed by atoms with van der Waals surface area (Å²) in [6, 6.07) is 0. The fourth-order valence-corrected chi connectivity index (χ4v) is 0. The van der Waals surface area contributed by atoms with Gasteiger partial charge in [-0.1, -0.05) is 41.7 Å². The summed E-state index contributed by atoms with van der Waals surface area (Å²) in [7, 11) is 0. The minimum atomic E-state index is 0.